The largest absolute Gasteiger partial charge is 0.385 e. The van der Waals surface area contributed by atoms with E-state index in [1.807, 2.05) is 57.2 Å². The molecule has 6 nitrogen and oxygen atoms in total. The molecule has 1 atom stereocenters. The van der Waals surface area contributed by atoms with Crippen LogP contribution >= 0.6 is 11.8 Å². The Kier molecular flexibility index (Phi) is 7.29. The van der Waals surface area contributed by atoms with Gasteiger partial charge in [0.25, 0.3) is 5.56 Å². The molecule has 1 N–H and O–H groups in total. The summed E-state index contributed by atoms with van der Waals surface area (Å²) in [6.07, 6.45) is 0.687. The van der Waals surface area contributed by atoms with Crippen molar-refractivity contribution in [3.05, 3.63) is 63.9 Å². The molecule has 158 valence electrons. The number of hydrogen-bond acceptors (Lipinski definition) is 5. The summed E-state index contributed by atoms with van der Waals surface area (Å²) in [7, 11) is 1.64. The molecule has 2 aromatic carbocycles. The predicted molar refractivity (Wildman–Crippen MR) is 122 cm³/mol. The highest BCUT2D eigenvalue weighted by Crippen LogP contribution is 2.25. The Morgan fingerprint density at radius 3 is 2.57 bits per heavy atom. The third-order valence-electron chi connectivity index (χ3n) is 4.94. The molecule has 30 heavy (non-hydrogen) atoms. The molecule has 0 unspecified atom stereocenters. The Morgan fingerprint density at radius 2 is 1.87 bits per heavy atom. The minimum Gasteiger partial charge on any atom is -0.385 e. The first-order valence-electron chi connectivity index (χ1n) is 9.94. The fourth-order valence-corrected chi connectivity index (χ4v) is 4.18. The van der Waals surface area contributed by atoms with Crippen LogP contribution < -0.4 is 10.9 Å². The number of carbonyl (C=O) groups is 1. The van der Waals surface area contributed by atoms with Crippen LogP contribution in [0.15, 0.2) is 52.4 Å². The standard InChI is InChI=1S/C23H27N3O3S/c1-15-9-7-10-16(2)20(15)25-21(27)17(3)30-23-24-19-12-6-5-11-18(19)22(28)26(23)13-8-14-29-4/h5-7,9-12,17H,8,13-14H2,1-4H3,(H,25,27)/t17-/m0/s1. The van der Waals surface area contributed by atoms with Crippen molar-refractivity contribution in [2.24, 2.45) is 0 Å². The number of para-hydroxylation sites is 2. The van der Waals surface area contributed by atoms with Gasteiger partial charge in [0.15, 0.2) is 5.16 Å². The van der Waals surface area contributed by atoms with E-state index in [0.717, 1.165) is 16.8 Å². The fraction of sp³-hybridized carbons (Fsp3) is 0.348. The van der Waals surface area contributed by atoms with E-state index < -0.39 is 5.25 Å². The van der Waals surface area contributed by atoms with E-state index >= 15 is 0 Å². The number of methoxy groups -OCH3 is 1. The van der Waals surface area contributed by atoms with Crippen LogP contribution in [-0.4, -0.2) is 34.4 Å². The number of benzene rings is 2. The highest BCUT2D eigenvalue weighted by molar-refractivity contribution is 8.00. The van der Waals surface area contributed by atoms with Crippen LogP contribution in [0.4, 0.5) is 5.69 Å². The molecule has 1 heterocycles. The first kappa shape index (κ1) is 22.1. The second kappa shape index (κ2) is 9.91. The summed E-state index contributed by atoms with van der Waals surface area (Å²) in [4.78, 5) is 30.6. The summed E-state index contributed by atoms with van der Waals surface area (Å²) in [5, 5.41) is 3.72. The van der Waals surface area contributed by atoms with Gasteiger partial charge in [0.2, 0.25) is 5.91 Å². The highest BCUT2D eigenvalue weighted by atomic mass is 32.2. The van der Waals surface area contributed by atoms with Gasteiger partial charge in [0.1, 0.15) is 0 Å². The lowest BCUT2D eigenvalue weighted by molar-refractivity contribution is -0.115. The molecule has 3 rings (SSSR count). The lowest BCUT2D eigenvalue weighted by Crippen LogP contribution is -2.27. The quantitative estimate of drug-likeness (QED) is 0.333. The lowest BCUT2D eigenvalue weighted by atomic mass is 10.1. The van der Waals surface area contributed by atoms with Gasteiger partial charge >= 0.3 is 0 Å². The number of aromatic nitrogens is 2. The van der Waals surface area contributed by atoms with Crippen molar-refractivity contribution in [2.45, 2.75) is 44.1 Å². The number of thioether (sulfide) groups is 1. The third-order valence-corrected chi connectivity index (χ3v) is 6.03. The molecule has 0 saturated heterocycles. The van der Waals surface area contributed by atoms with Gasteiger partial charge in [0, 0.05) is 25.9 Å². The van der Waals surface area contributed by atoms with E-state index in [1.165, 1.54) is 11.8 Å². The van der Waals surface area contributed by atoms with Crippen LogP contribution in [0.3, 0.4) is 0 Å². The molecule has 7 heteroatoms. The first-order valence-corrected chi connectivity index (χ1v) is 10.8. The summed E-state index contributed by atoms with van der Waals surface area (Å²) in [6.45, 7) is 6.80. The highest BCUT2D eigenvalue weighted by Gasteiger charge is 2.20. The molecule has 0 aliphatic carbocycles. The van der Waals surface area contributed by atoms with Gasteiger partial charge in [-0.1, -0.05) is 42.1 Å². The second-order valence-electron chi connectivity index (χ2n) is 7.23. The number of hydrogen-bond donors (Lipinski definition) is 1. The van der Waals surface area contributed by atoms with Crippen molar-refractivity contribution >= 4 is 34.3 Å². The molecule has 0 spiro atoms. The number of anilines is 1. The third kappa shape index (κ3) is 4.91. The Morgan fingerprint density at radius 1 is 1.17 bits per heavy atom. The molecule has 0 fully saturated rings. The molecule has 0 bridgehead atoms. The van der Waals surface area contributed by atoms with Crippen LogP contribution in [0.2, 0.25) is 0 Å². The van der Waals surface area contributed by atoms with E-state index in [9.17, 15) is 9.59 Å². The minimum absolute atomic E-state index is 0.0958. The number of fused-ring (bicyclic) bond motifs is 1. The maximum atomic E-state index is 13.0. The Labute approximate surface area is 180 Å². The van der Waals surface area contributed by atoms with Crippen LogP contribution in [0.25, 0.3) is 10.9 Å². The minimum atomic E-state index is -0.425. The van der Waals surface area contributed by atoms with Gasteiger partial charge < -0.3 is 10.1 Å². The van der Waals surface area contributed by atoms with Crippen molar-refractivity contribution in [3.8, 4) is 0 Å². The summed E-state index contributed by atoms with van der Waals surface area (Å²) in [5.74, 6) is -0.122. The van der Waals surface area contributed by atoms with Crippen molar-refractivity contribution in [1.82, 2.24) is 9.55 Å². The molecule has 0 aliphatic heterocycles. The Hall–Kier alpha value is -2.64. The fourth-order valence-electron chi connectivity index (χ4n) is 3.25. The molecule has 0 saturated carbocycles. The smallest absolute Gasteiger partial charge is 0.262 e. The first-order chi connectivity index (χ1) is 14.4. The number of nitrogens with zero attached hydrogens (tertiary/aromatic N) is 2. The monoisotopic (exact) mass is 425 g/mol. The van der Waals surface area contributed by atoms with Crippen molar-refractivity contribution in [2.75, 3.05) is 19.0 Å². The van der Waals surface area contributed by atoms with Gasteiger partial charge in [-0.3, -0.25) is 14.2 Å². The van der Waals surface area contributed by atoms with Crippen molar-refractivity contribution in [1.29, 1.82) is 0 Å². The molecule has 3 aromatic rings. The molecular formula is C23H27N3O3S. The van der Waals surface area contributed by atoms with E-state index in [2.05, 4.69) is 10.3 Å². The summed E-state index contributed by atoms with van der Waals surface area (Å²) in [6, 6.07) is 13.2. The van der Waals surface area contributed by atoms with Gasteiger partial charge in [-0.2, -0.15) is 0 Å². The number of rotatable bonds is 8. The summed E-state index contributed by atoms with van der Waals surface area (Å²) in [5.41, 5.74) is 3.40. The van der Waals surface area contributed by atoms with Gasteiger partial charge in [-0.25, -0.2) is 4.98 Å². The molecule has 1 aromatic heterocycles. The van der Waals surface area contributed by atoms with E-state index in [0.29, 0.717) is 35.6 Å². The van der Waals surface area contributed by atoms with Crippen molar-refractivity contribution in [3.63, 3.8) is 0 Å². The average molecular weight is 426 g/mol. The van der Waals surface area contributed by atoms with Gasteiger partial charge in [-0.05, 0) is 50.5 Å². The normalized spacial score (nSPS) is 12.1. The predicted octanol–water partition coefficient (Wildman–Crippen LogP) is 4.17. The zero-order valence-electron chi connectivity index (χ0n) is 17.8. The molecule has 1 amide bonds. The topological polar surface area (TPSA) is 73.2 Å². The molecular weight excluding hydrogens is 398 g/mol. The maximum absolute atomic E-state index is 13.0. The Balaban J connectivity index is 1.88. The van der Waals surface area contributed by atoms with E-state index in [1.54, 1.807) is 17.7 Å². The van der Waals surface area contributed by atoms with Crippen LogP contribution in [0.1, 0.15) is 24.5 Å². The van der Waals surface area contributed by atoms with Gasteiger partial charge in [0.05, 0.1) is 16.2 Å². The van der Waals surface area contributed by atoms with E-state index in [-0.39, 0.29) is 11.5 Å². The molecule has 0 aliphatic rings. The second-order valence-corrected chi connectivity index (χ2v) is 8.54. The molecule has 0 radical (unpaired) electrons. The van der Waals surface area contributed by atoms with Gasteiger partial charge in [-0.15, -0.1) is 0 Å². The number of aryl methyl sites for hydroxylation is 2. The number of ether oxygens (including phenoxy) is 1. The number of amides is 1. The maximum Gasteiger partial charge on any atom is 0.262 e. The zero-order chi connectivity index (χ0) is 21.7. The number of carbonyl (C=O) groups excluding carboxylic acids is 1. The van der Waals surface area contributed by atoms with E-state index in [4.69, 9.17) is 4.74 Å². The number of nitrogens with one attached hydrogen (secondary N) is 1. The Bertz CT molecular complexity index is 1090. The lowest BCUT2D eigenvalue weighted by Gasteiger charge is -2.17. The summed E-state index contributed by atoms with van der Waals surface area (Å²) < 4.78 is 6.78. The van der Waals surface area contributed by atoms with Crippen LogP contribution in [-0.2, 0) is 16.1 Å². The van der Waals surface area contributed by atoms with Crippen molar-refractivity contribution < 1.29 is 9.53 Å². The van der Waals surface area contributed by atoms with Crippen LogP contribution in [0, 0.1) is 13.8 Å². The van der Waals surface area contributed by atoms with Crippen LogP contribution in [0.5, 0.6) is 0 Å². The zero-order valence-corrected chi connectivity index (χ0v) is 18.6. The summed E-state index contributed by atoms with van der Waals surface area (Å²) >= 11 is 1.30. The SMILES string of the molecule is COCCCn1c(S[C@@H](C)C(=O)Nc2c(C)cccc2C)nc2ccccc2c1=O. The average Bonchev–Trinajstić information content (AvgIpc) is 2.73.